The zero-order chi connectivity index (χ0) is 12.7. The zero-order valence-electron chi connectivity index (χ0n) is 10.9. The summed E-state index contributed by atoms with van der Waals surface area (Å²) in [4.78, 5) is 6.67. The molecule has 0 bridgehead atoms. The van der Waals surface area contributed by atoms with E-state index in [1.165, 1.54) is 18.5 Å². The van der Waals surface area contributed by atoms with Crippen LogP contribution in [-0.2, 0) is 4.74 Å². The van der Waals surface area contributed by atoms with Gasteiger partial charge in [-0.2, -0.15) is 0 Å². The number of rotatable bonds is 2. The molecule has 1 fully saturated rings. The Morgan fingerprint density at radius 1 is 1.41 bits per heavy atom. The molecule has 1 unspecified atom stereocenters. The molecule has 1 aliphatic heterocycles. The molecule has 0 spiro atoms. The third-order valence-corrected chi connectivity index (χ3v) is 2.97. The van der Waals surface area contributed by atoms with Crippen LogP contribution in [0.3, 0.4) is 0 Å². The average Bonchev–Trinajstić information content (AvgIpc) is 2.42. The van der Waals surface area contributed by atoms with E-state index < -0.39 is 0 Å². The van der Waals surface area contributed by atoms with Gasteiger partial charge in [0.05, 0.1) is 18.0 Å². The van der Waals surface area contributed by atoms with Crippen LogP contribution in [0.2, 0.25) is 0 Å². The second kappa shape index (κ2) is 7.25. The fourth-order valence-corrected chi connectivity index (χ4v) is 2.01. The number of aliphatic hydroxyl groups is 1. The summed E-state index contributed by atoms with van der Waals surface area (Å²) in [5, 5.41) is 7.00. The summed E-state index contributed by atoms with van der Waals surface area (Å²) in [7, 11) is 2.79. The number of aliphatic hydroxyl groups excluding tert-OH is 1. The van der Waals surface area contributed by atoms with Crippen molar-refractivity contribution in [2.24, 2.45) is 0 Å². The molecule has 1 N–H and O–H groups in total. The fraction of sp³-hybridized carbons (Fsp3) is 0.615. The monoisotopic (exact) mass is 238 g/mol. The van der Waals surface area contributed by atoms with Gasteiger partial charge in [0, 0.05) is 33.0 Å². The fourth-order valence-electron chi connectivity index (χ4n) is 2.01. The highest BCUT2D eigenvalue weighted by molar-refractivity contribution is 5.45. The van der Waals surface area contributed by atoms with E-state index in [9.17, 15) is 0 Å². The van der Waals surface area contributed by atoms with Crippen LogP contribution in [0.1, 0.15) is 18.5 Å². The maximum atomic E-state index is 7.00. The van der Waals surface area contributed by atoms with Gasteiger partial charge >= 0.3 is 0 Å². The summed E-state index contributed by atoms with van der Waals surface area (Å²) >= 11 is 0. The SMILES string of the molecule is CO.COC1CCCN(c2ccc(C)nc2)C1. The standard InChI is InChI=1S/C12H18N2O.CH4O/c1-10-5-6-11(8-13-10)14-7-3-4-12(9-14)15-2;1-2/h5-6,8,12H,3-4,7,9H2,1-2H3;2H,1H3. The summed E-state index contributed by atoms with van der Waals surface area (Å²) in [5.74, 6) is 0. The van der Waals surface area contributed by atoms with E-state index in [-0.39, 0.29) is 0 Å². The van der Waals surface area contributed by atoms with E-state index in [4.69, 9.17) is 9.84 Å². The van der Waals surface area contributed by atoms with Crippen molar-refractivity contribution >= 4 is 5.69 Å². The van der Waals surface area contributed by atoms with Crippen LogP contribution in [0.4, 0.5) is 5.69 Å². The Hall–Kier alpha value is -1.13. The second-order valence-corrected chi connectivity index (χ2v) is 4.10. The van der Waals surface area contributed by atoms with Gasteiger partial charge < -0.3 is 14.7 Å². The number of anilines is 1. The van der Waals surface area contributed by atoms with Gasteiger partial charge in [0.15, 0.2) is 0 Å². The Morgan fingerprint density at radius 2 is 2.18 bits per heavy atom. The van der Waals surface area contributed by atoms with Gasteiger partial charge in [0.25, 0.3) is 0 Å². The number of piperidine rings is 1. The Labute approximate surface area is 103 Å². The van der Waals surface area contributed by atoms with Crippen molar-refractivity contribution in [3.8, 4) is 0 Å². The van der Waals surface area contributed by atoms with Gasteiger partial charge in [-0.15, -0.1) is 0 Å². The molecule has 1 aromatic rings. The van der Waals surface area contributed by atoms with Gasteiger partial charge in [0.2, 0.25) is 0 Å². The van der Waals surface area contributed by atoms with Crippen molar-refractivity contribution in [3.63, 3.8) is 0 Å². The van der Waals surface area contributed by atoms with Gasteiger partial charge in [0.1, 0.15) is 0 Å². The second-order valence-electron chi connectivity index (χ2n) is 4.10. The molecule has 2 rings (SSSR count). The molecule has 0 radical (unpaired) electrons. The number of aryl methyl sites for hydroxylation is 1. The molecular weight excluding hydrogens is 216 g/mol. The van der Waals surface area contributed by atoms with E-state index in [0.29, 0.717) is 6.10 Å². The highest BCUT2D eigenvalue weighted by Gasteiger charge is 2.19. The highest BCUT2D eigenvalue weighted by Crippen LogP contribution is 2.20. The first kappa shape index (κ1) is 13.9. The molecule has 1 atom stereocenters. The van der Waals surface area contributed by atoms with Crippen LogP contribution in [-0.4, -0.2) is 43.5 Å². The quantitative estimate of drug-likeness (QED) is 0.850. The molecule has 0 aliphatic carbocycles. The smallest absolute Gasteiger partial charge is 0.0746 e. The van der Waals surface area contributed by atoms with Crippen LogP contribution in [0, 0.1) is 6.92 Å². The molecule has 4 nitrogen and oxygen atoms in total. The summed E-state index contributed by atoms with van der Waals surface area (Å²) in [6.07, 6.45) is 4.70. The van der Waals surface area contributed by atoms with E-state index in [2.05, 4.69) is 22.0 Å². The van der Waals surface area contributed by atoms with Crippen molar-refractivity contribution in [2.75, 3.05) is 32.2 Å². The number of aromatic nitrogens is 1. The molecular formula is C13H22N2O2. The molecule has 0 amide bonds. The lowest BCUT2D eigenvalue weighted by Crippen LogP contribution is -2.39. The normalized spacial score (nSPS) is 19.5. The van der Waals surface area contributed by atoms with Crippen molar-refractivity contribution in [1.29, 1.82) is 0 Å². The number of nitrogens with zero attached hydrogens (tertiary/aromatic N) is 2. The molecule has 96 valence electrons. The summed E-state index contributed by atoms with van der Waals surface area (Å²) < 4.78 is 5.40. The predicted molar refractivity (Wildman–Crippen MR) is 69.4 cm³/mol. The Bertz CT molecular complexity index is 314. The van der Waals surface area contributed by atoms with Crippen LogP contribution in [0.5, 0.6) is 0 Å². The number of hydrogen-bond donors (Lipinski definition) is 1. The van der Waals surface area contributed by atoms with Crippen molar-refractivity contribution in [3.05, 3.63) is 24.0 Å². The van der Waals surface area contributed by atoms with E-state index in [1.807, 2.05) is 13.1 Å². The summed E-state index contributed by atoms with van der Waals surface area (Å²) in [6.45, 7) is 4.11. The number of ether oxygens (including phenoxy) is 1. The van der Waals surface area contributed by atoms with Crippen LogP contribution < -0.4 is 4.90 Å². The Kier molecular flexibility index (Phi) is 5.94. The molecule has 4 heteroatoms. The van der Waals surface area contributed by atoms with E-state index in [0.717, 1.165) is 25.9 Å². The van der Waals surface area contributed by atoms with Gasteiger partial charge in [-0.1, -0.05) is 0 Å². The molecule has 0 aromatic carbocycles. The lowest BCUT2D eigenvalue weighted by molar-refractivity contribution is 0.0893. The van der Waals surface area contributed by atoms with Gasteiger partial charge in [-0.05, 0) is 31.9 Å². The van der Waals surface area contributed by atoms with Crippen molar-refractivity contribution in [1.82, 2.24) is 4.98 Å². The minimum atomic E-state index is 0.375. The Morgan fingerprint density at radius 3 is 2.76 bits per heavy atom. The maximum Gasteiger partial charge on any atom is 0.0746 e. The molecule has 0 saturated carbocycles. The number of pyridine rings is 1. The van der Waals surface area contributed by atoms with Crippen molar-refractivity contribution < 1.29 is 9.84 Å². The minimum Gasteiger partial charge on any atom is -0.400 e. The van der Waals surface area contributed by atoms with Gasteiger partial charge in [-0.3, -0.25) is 4.98 Å². The van der Waals surface area contributed by atoms with Crippen LogP contribution in [0.25, 0.3) is 0 Å². The topological polar surface area (TPSA) is 45.6 Å². The Balaban J connectivity index is 0.000000686. The first-order valence-electron chi connectivity index (χ1n) is 5.94. The number of methoxy groups -OCH3 is 1. The number of hydrogen-bond acceptors (Lipinski definition) is 4. The predicted octanol–water partition coefficient (Wildman–Crippen LogP) is 1.61. The summed E-state index contributed by atoms with van der Waals surface area (Å²) in [6, 6.07) is 4.20. The maximum absolute atomic E-state index is 7.00. The highest BCUT2D eigenvalue weighted by atomic mass is 16.5. The average molecular weight is 238 g/mol. The lowest BCUT2D eigenvalue weighted by Gasteiger charge is -2.33. The van der Waals surface area contributed by atoms with Crippen molar-refractivity contribution in [2.45, 2.75) is 25.9 Å². The first-order chi connectivity index (χ1) is 8.29. The van der Waals surface area contributed by atoms with E-state index in [1.54, 1.807) is 7.11 Å². The van der Waals surface area contributed by atoms with Crippen LogP contribution in [0.15, 0.2) is 18.3 Å². The molecule has 1 aromatic heterocycles. The first-order valence-corrected chi connectivity index (χ1v) is 5.94. The molecule has 1 aliphatic rings. The molecule has 1 saturated heterocycles. The van der Waals surface area contributed by atoms with E-state index >= 15 is 0 Å². The van der Waals surface area contributed by atoms with Crippen LogP contribution >= 0.6 is 0 Å². The molecule has 17 heavy (non-hydrogen) atoms. The minimum absolute atomic E-state index is 0.375. The zero-order valence-corrected chi connectivity index (χ0v) is 10.9. The lowest BCUT2D eigenvalue weighted by atomic mass is 10.1. The largest absolute Gasteiger partial charge is 0.400 e. The van der Waals surface area contributed by atoms with Gasteiger partial charge in [-0.25, -0.2) is 0 Å². The third kappa shape index (κ3) is 3.98. The molecule has 2 heterocycles. The summed E-state index contributed by atoms with van der Waals surface area (Å²) in [5.41, 5.74) is 2.28. The third-order valence-electron chi connectivity index (χ3n) is 2.97.